The van der Waals surface area contributed by atoms with E-state index in [1.165, 1.54) is 19.1 Å². The molecule has 0 spiro atoms. The maximum absolute atomic E-state index is 13.8. The van der Waals surface area contributed by atoms with Crippen LogP contribution in [0.2, 0.25) is 0 Å². The second-order valence-electron chi connectivity index (χ2n) is 5.90. The Balaban J connectivity index is 1.93. The number of benzene rings is 2. The van der Waals surface area contributed by atoms with Gasteiger partial charge >= 0.3 is 0 Å². The van der Waals surface area contributed by atoms with Crippen molar-refractivity contribution in [1.29, 1.82) is 0 Å². The molecule has 2 N–H and O–H groups in total. The van der Waals surface area contributed by atoms with E-state index in [0.29, 0.717) is 11.3 Å². The van der Waals surface area contributed by atoms with Crippen LogP contribution in [-0.4, -0.2) is 17.6 Å². The van der Waals surface area contributed by atoms with Crippen LogP contribution in [0.15, 0.2) is 42.5 Å². The Morgan fingerprint density at radius 2 is 1.65 bits per heavy atom. The molecule has 0 atom stereocenters. The van der Waals surface area contributed by atoms with E-state index in [-0.39, 0.29) is 30.2 Å². The van der Waals surface area contributed by atoms with Crippen LogP contribution in [0.3, 0.4) is 0 Å². The fourth-order valence-corrected chi connectivity index (χ4v) is 2.41. The summed E-state index contributed by atoms with van der Waals surface area (Å²) in [7, 11) is 0. The van der Waals surface area contributed by atoms with Gasteiger partial charge in [-0.25, -0.2) is 4.39 Å². The van der Waals surface area contributed by atoms with Gasteiger partial charge in [-0.1, -0.05) is 31.2 Å². The zero-order valence-electron chi connectivity index (χ0n) is 14.8. The Bertz CT molecular complexity index is 816. The van der Waals surface area contributed by atoms with Crippen molar-refractivity contribution in [2.45, 2.75) is 33.1 Å². The Morgan fingerprint density at radius 3 is 2.27 bits per heavy atom. The van der Waals surface area contributed by atoms with Crippen LogP contribution in [0.1, 0.15) is 42.6 Å². The first-order chi connectivity index (χ1) is 12.4. The third-order valence-corrected chi connectivity index (χ3v) is 3.82. The van der Waals surface area contributed by atoms with Crippen molar-refractivity contribution in [3.05, 3.63) is 59.4 Å². The van der Waals surface area contributed by atoms with Gasteiger partial charge in [0.15, 0.2) is 5.78 Å². The quantitative estimate of drug-likeness (QED) is 0.738. The van der Waals surface area contributed by atoms with Gasteiger partial charge in [-0.2, -0.15) is 0 Å². The molecular formula is C20H21FN2O3. The smallest absolute Gasteiger partial charge is 0.224 e. The number of nitrogens with one attached hydrogen (secondary N) is 2. The van der Waals surface area contributed by atoms with Gasteiger partial charge in [-0.05, 0) is 30.2 Å². The second kappa shape index (κ2) is 8.89. The molecule has 0 saturated heterocycles. The van der Waals surface area contributed by atoms with Gasteiger partial charge in [0.25, 0.3) is 0 Å². The molecule has 0 fully saturated rings. The third kappa shape index (κ3) is 5.51. The second-order valence-corrected chi connectivity index (χ2v) is 5.90. The van der Waals surface area contributed by atoms with E-state index in [4.69, 9.17) is 0 Å². The molecule has 0 heterocycles. The Hall–Kier alpha value is -3.02. The zero-order valence-corrected chi connectivity index (χ0v) is 14.8. The minimum absolute atomic E-state index is 0.0321. The molecule has 5 nitrogen and oxygen atoms in total. The number of hydrogen-bond donors (Lipinski definition) is 2. The first-order valence-electron chi connectivity index (χ1n) is 8.38. The highest BCUT2D eigenvalue weighted by Gasteiger charge is 2.12. The zero-order chi connectivity index (χ0) is 19.1. The van der Waals surface area contributed by atoms with Crippen molar-refractivity contribution in [2.75, 3.05) is 10.6 Å². The van der Waals surface area contributed by atoms with Crippen LogP contribution >= 0.6 is 0 Å². The third-order valence-electron chi connectivity index (χ3n) is 3.82. The largest absolute Gasteiger partial charge is 0.326 e. The van der Waals surface area contributed by atoms with Gasteiger partial charge in [0.1, 0.15) is 5.82 Å². The van der Waals surface area contributed by atoms with Crippen molar-refractivity contribution in [3.8, 4) is 0 Å². The van der Waals surface area contributed by atoms with Gasteiger partial charge in [0.2, 0.25) is 11.8 Å². The summed E-state index contributed by atoms with van der Waals surface area (Å²) >= 11 is 0. The van der Waals surface area contributed by atoms with Crippen molar-refractivity contribution >= 4 is 29.0 Å². The molecule has 0 bridgehead atoms. The lowest BCUT2D eigenvalue weighted by molar-refractivity contribution is -0.116. The molecule has 2 aromatic rings. The predicted octanol–water partition coefficient (Wildman–Crippen LogP) is 3.95. The van der Waals surface area contributed by atoms with Gasteiger partial charge in [-0.15, -0.1) is 0 Å². The molecule has 0 aliphatic carbocycles. The Labute approximate surface area is 151 Å². The Morgan fingerprint density at radius 1 is 0.962 bits per heavy atom. The van der Waals surface area contributed by atoms with Crippen LogP contribution < -0.4 is 10.6 Å². The van der Waals surface area contributed by atoms with Crippen LogP contribution in [0.4, 0.5) is 15.8 Å². The maximum atomic E-state index is 13.8. The van der Waals surface area contributed by atoms with Crippen molar-refractivity contribution in [2.24, 2.45) is 0 Å². The molecular weight excluding hydrogens is 335 g/mol. The average molecular weight is 356 g/mol. The molecule has 0 aliphatic heterocycles. The first kappa shape index (κ1) is 19.3. The summed E-state index contributed by atoms with van der Waals surface area (Å²) in [4.78, 5) is 35.2. The van der Waals surface area contributed by atoms with E-state index in [0.717, 1.165) is 18.1 Å². The number of amides is 2. The van der Waals surface area contributed by atoms with Crippen LogP contribution in [0.25, 0.3) is 0 Å². The highest BCUT2D eigenvalue weighted by Crippen LogP contribution is 2.20. The average Bonchev–Trinajstić information content (AvgIpc) is 2.62. The SMILES string of the molecule is CCc1ccc(C(=O)CCC(=O)Nc2cc(NC(C)=O)ccc2F)cc1. The molecule has 0 unspecified atom stereocenters. The minimum Gasteiger partial charge on any atom is -0.326 e. The molecule has 2 rings (SSSR count). The Kier molecular flexibility index (Phi) is 6.60. The van der Waals surface area contributed by atoms with E-state index in [1.54, 1.807) is 12.1 Å². The number of anilines is 2. The molecule has 6 heteroatoms. The highest BCUT2D eigenvalue weighted by molar-refractivity contribution is 6.00. The van der Waals surface area contributed by atoms with Crippen LogP contribution in [0.5, 0.6) is 0 Å². The number of aryl methyl sites for hydroxylation is 1. The normalized spacial score (nSPS) is 10.3. The van der Waals surface area contributed by atoms with Crippen molar-refractivity contribution in [1.82, 2.24) is 0 Å². The van der Waals surface area contributed by atoms with E-state index >= 15 is 0 Å². The highest BCUT2D eigenvalue weighted by atomic mass is 19.1. The number of carbonyl (C=O) groups is 3. The number of hydrogen-bond acceptors (Lipinski definition) is 3. The lowest BCUT2D eigenvalue weighted by atomic mass is 10.0. The van der Waals surface area contributed by atoms with E-state index in [1.807, 2.05) is 19.1 Å². The minimum atomic E-state index is -0.617. The van der Waals surface area contributed by atoms with Crippen molar-refractivity contribution in [3.63, 3.8) is 0 Å². The lowest BCUT2D eigenvalue weighted by Gasteiger charge is -2.09. The van der Waals surface area contributed by atoms with Gasteiger partial charge in [-0.3, -0.25) is 14.4 Å². The fourth-order valence-electron chi connectivity index (χ4n) is 2.41. The van der Waals surface area contributed by atoms with Gasteiger partial charge < -0.3 is 10.6 Å². The standard InChI is InChI=1S/C20H21FN2O3/c1-3-14-4-6-15(7-5-14)19(25)10-11-20(26)23-18-12-16(22-13(2)24)8-9-17(18)21/h4-9,12H,3,10-11H2,1-2H3,(H,22,24)(H,23,26). The molecule has 0 aliphatic rings. The van der Waals surface area contributed by atoms with Crippen molar-refractivity contribution < 1.29 is 18.8 Å². The number of ketones is 1. The molecule has 0 radical (unpaired) electrons. The van der Waals surface area contributed by atoms with Gasteiger partial charge in [0, 0.05) is 31.0 Å². The monoisotopic (exact) mass is 356 g/mol. The summed E-state index contributed by atoms with van der Waals surface area (Å²) in [6.07, 6.45) is 0.864. The van der Waals surface area contributed by atoms with Crippen LogP contribution in [0, 0.1) is 5.82 Å². The van der Waals surface area contributed by atoms with E-state index < -0.39 is 11.7 Å². The number of rotatable bonds is 7. The number of Topliss-reactive ketones (excluding diaryl/α,β-unsaturated/α-hetero) is 1. The summed E-state index contributed by atoms with van der Waals surface area (Å²) < 4.78 is 13.8. The topological polar surface area (TPSA) is 75.3 Å². The fraction of sp³-hybridized carbons (Fsp3) is 0.250. The number of halogens is 1. The molecule has 2 amide bonds. The molecule has 2 aromatic carbocycles. The van der Waals surface area contributed by atoms with Gasteiger partial charge in [0.05, 0.1) is 5.69 Å². The molecule has 0 saturated carbocycles. The first-order valence-corrected chi connectivity index (χ1v) is 8.38. The predicted molar refractivity (Wildman–Crippen MR) is 98.7 cm³/mol. The van der Waals surface area contributed by atoms with E-state index in [2.05, 4.69) is 10.6 Å². The molecule has 0 aromatic heterocycles. The summed E-state index contributed by atoms with van der Waals surface area (Å²) in [6.45, 7) is 3.36. The maximum Gasteiger partial charge on any atom is 0.224 e. The lowest BCUT2D eigenvalue weighted by Crippen LogP contribution is -2.15. The number of carbonyl (C=O) groups excluding carboxylic acids is 3. The molecule has 136 valence electrons. The van der Waals surface area contributed by atoms with Crippen LogP contribution in [-0.2, 0) is 16.0 Å². The summed E-state index contributed by atoms with van der Waals surface area (Å²) in [5.74, 6) is -1.53. The summed E-state index contributed by atoms with van der Waals surface area (Å²) in [5.41, 5.74) is 2.02. The summed E-state index contributed by atoms with van der Waals surface area (Å²) in [6, 6.07) is 11.1. The molecule has 26 heavy (non-hydrogen) atoms. The summed E-state index contributed by atoms with van der Waals surface area (Å²) in [5, 5.41) is 4.95. The van der Waals surface area contributed by atoms with E-state index in [9.17, 15) is 18.8 Å².